The Bertz CT molecular complexity index is 934. The largest absolute Gasteiger partial charge is 0.330 e. The minimum atomic E-state index is -4.05. The number of nitrogens with one attached hydrogen (secondary N) is 1. The van der Waals surface area contributed by atoms with Crippen LogP contribution in [0.1, 0.15) is 6.42 Å². The van der Waals surface area contributed by atoms with Crippen molar-refractivity contribution in [1.29, 1.82) is 0 Å². The lowest BCUT2D eigenvalue weighted by Crippen LogP contribution is -2.51. The van der Waals surface area contributed by atoms with Crippen molar-refractivity contribution < 1.29 is 13.2 Å². The molecule has 9 heteroatoms. The summed E-state index contributed by atoms with van der Waals surface area (Å²) < 4.78 is 27.6. The first-order valence-corrected chi connectivity index (χ1v) is 9.65. The van der Waals surface area contributed by atoms with Crippen LogP contribution in [0.4, 0.5) is 11.4 Å². The zero-order valence-corrected chi connectivity index (χ0v) is 15.3. The Morgan fingerprint density at radius 2 is 1.84 bits per heavy atom. The molecule has 25 heavy (non-hydrogen) atoms. The highest BCUT2D eigenvalue weighted by atomic mass is 35.5. The van der Waals surface area contributed by atoms with E-state index in [1.165, 1.54) is 18.2 Å². The van der Waals surface area contributed by atoms with Gasteiger partial charge in [-0.15, -0.1) is 0 Å². The molecule has 0 unspecified atom stereocenters. The van der Waals surface area contributed by atoms with E-state index in [-0.39, 0.29) is 27.9 Å². The van der Waals surface area contributed by atoms with Crippen LogP contribution in [-0.4, -0.2) is 26.9 Å². The first-order chi connectivity index (χ1) is 11.9. The average Bonchev–Trinajstić information content (AvgIpc) is 2.57. The second-order valence-electron chi connectivity index (χ2n) is 5.48. The van der Waals surface area contributed by atoms with Gasteiger partial charge in [-0.05, 0) is 43.3 Å². The first kappa shape index (κ1) is 18.0. The SMILES string of the molecule is NCC[C@@H]1C(=O)Nc2ccccc2N1S(=O)(=O)c1ccc(Cl)c(Cl)c1. The molecule has 3 rings (SSSR count). The maximum absolute atomic E-state index is 13.2. The Balaban J connectivity index is 2.19. The van der Waals surface area contributed by atoms with E-state index in [0.29, 0.717) is 11.4 Å². The fourth-order valence-corrected chi connectivity index (χ4v) is 4.77. The minimum Gasteiger partial charge on any atom is -0.330 e. The molecule has 1 heterocycles. The maximum atomic E-state index is 13.2. The molecule has 1 atom stereocenters. The summed E-state index contributed by atoms with van der Waals surface area (Å²) in [6, 6.07) is 9.78. The number of anilines is 2. The lowest BCUT2D eigenvalue weighted by Gasteiger charge is -2.36. The van der Waals surface area contributed by atoms with Crippen molar-refractivity contribution in [3.8, 4) is 0 Å². The molecule has 2 aromatic rings. The third kappa shape index (κ3) is 3.20. The molecular formula is C16H15Cl2N3O3S. The molecule has 0 fully saturated rings. The predicted octanol–water partition coefficient (Wildman–Crippen LogP) is 2.86. The van der Waals surface area contributed by atoms with Crippen LogP contribution in [0.3, 0.4) is 0 Å². The molecule has 132 valence electrons. The van der Waals surface area contributed by atoms with E-state index in [4.69, 9.17) is 28.9 Å². The van der Waals surface area contributed by atoms with Gasteiger partial charge in [0.05, 0.1) is 26.3 Å². The molecule has 3 N–H and O–H groups in total. The van der Waals surface area contributed by atoms with Crippen LogP contribution in [0.15, 0.2) is 47.4 Å². The zero-order valence-electron chi connectivity index (χ0n) is 12.9. The number of benzene rings is 2. The third-order valence-electron chi connectivity index (χ3n) is 3.87. The number of amides is 1. The highest BCUT2D eigenvalue weighted by Gasteiger charge is 2.40. The van der Waals surface area contributed by atoms with E-state index < -0.39 is 22.0 Å². The van der Waals surface area contributed by atoms with Crippen molar-refractivity contribution >= 4 is 50.5 Å². The van der Waals surface area contributed by atoms with Crippen molar-refractivity contribution in [2.24, 2.45) is 5.73 Å². The van der Waals surface area contributed by atoms with E-state index in [9.17, 15) is 13.2 Å². The van der Waals surface area contributed by atoms with Gasteiger partial charge in [-0.3, -0.25) is 9.10 Å². The maximum Gasteiger partial charge on any atom is 0.265 e. The lowest BCUT2D eigenvalue weighted by atomic mass is 10.1. The molecule has 0 radical (unpaired) electrons. The molecule has 1 aliphatic heterocycles. The molecule has 2 aromatic carbocycles. The monoisotopic (exact) mass is 399 g/mol. The zero-order chi connectivity index (χ0) is 18.2. The summed E-state index contributed by atoms with van der Waals surface area (Å²) in [5.41, 5.74) is 6.39. The summed E-state index contributed by atoms with van der Waals surface area (Å²) >= 11 is 11.8. The molecule has 0 saturated carbocycles. The van der Waals surface area contributed by atoms with Gasteiger partial charge in [0.15, 0.2) is 0 Å². The Hall–Kier alpha value is -1.80. The molecule has 0 aromatic heterocycles. The van der Waals surface area contributed by atoms with E-state index in [0.717, 1.165) is 4.31 Å². The van der Waals surface area contributed by atoms with Crippen LogP contribution in [0.5, 0.6) is 0 Å². The van der Waals surface area contributed by atoms with Crippen LogP contribution in [0, 0.1) is 0 Å². The number of halogens is 2. The van der Waals surface area contributed by atoms with E-state index >= 15 is 0 Å². The summed E-state index contributed by atoms with van der Waals surface area (Å²) in [4.78, 5) is 12.4. The number of nitrogens with zero attached hydrogens (tertiary/aromatic N) is 1. The van der Waals surface area contributed by atoms with Crippen LogP contribution in [-0.2, 0) is 14.8 Å². The van der Waals surface area contributed by atoms with Gasteiger partial charge in [0.2, 0.25) is 5.91 Å². The van der Waals surface area contributed by atoms with Gasteiger partial charge >= 0.3 is 0 Å². The van der Waals surface area contributed by atoms with Crippen molar-refractivity contribution in [2.45, 2.75) is 17.4 Å². The van der Waals surface area contributed by atoms with Gasteiger partial charge in [-0.2, -0.15) is 0 Å². The molecule has 0 spiro atoms. The number of nitrogens with two attached hydrogens (primary N) is 1. The van der Waals surface area contributed by atoms with Gasteiger partial charge in [0.1, 0.15) is 6.04 Å². The Morgan fingerprint density at radius 3 is 2.52 bits per heavy atom. The van der Waals surface area contributed by atoms with Crippen molar-refractivity contribution in [1.82, 2.24) is 0 Å². The quantitative estimate of drug-likeness (QED) is 0.826. The number of fused-ring (bicyclic) bond motifs is 1. The third-order valence-corrected chi connectivity index (χ3v) is 6.43. The molecular weight excluding hydrogens is 385 g/mol. The first-order valence-electron chi connectivity index (χ1n) is 7.45. The Morgan fingerprint density at radius 1 is 1.12 bits per heavy atom. The highest BCUT2D eigenvalue weighted by Crippen LogP contribution is 2.37. The van der Waals surface area contributed by atoms with Gasteiger partial charge < -0.3 is 11.1 Å². The molecule has 0 saturated heterocycles. The molecule has 0 aliphatic carbocycles. The van der Waals surface area contributed by atoms with E-state index in [1.807, 2.05) is 0 Å². The summed E-state index contributed by atoms with van der Waals surface area (Å²) in [7, 11) is -4.05. The number of hydrogen-bond acceptors (Lipinski definition) is 4. The number of para-hydroxylation sites is 2. The van der Waals surface area contributed by atoms with Crippen molar-refractivity contribution in [3.05, 3.63) is 52.5 Å². The lowest BCUT2D eigenvalue weighted by molar-refractivity contribution is -0.117. The van der Waals surface area contributed by atoms with Crippen LogP contribution in [0.2, 0.25) is 10.0 Å². The molecule has 0 bridgehead atoms. The predicted molar refractivity (Wildman–Crippen MR) is 98.7 cm³/mol. The second kappa shape index (κ2) is 6.84. The number of carbonyl (C=O) groups excluding carboxylic acids is 1. The topological polar surface area (TPSA) is 92.5 Å². The number of hydrogen-bond donors (Lipinski definition) is 2. The van der Waals surface area contributed by atoms with E-state index in [2.05, 4.69) is 5.32 Å². The normalized spacial score (nSPS) is 17.2. The summed E-state index contributed by atoms with van der Waals surface area (Å²) in [5.74, 6) is -0.423. The number of rotatable bonds is 4. The number of sulfonamides is 1. The minimum absolute atomic E-state index is 0.0478. The van der Waals surface area contributed by atoms with Crippen molar-refractivity contribution in [3.63, 3.8) is 0 Å². The molecule has 1 aliphatic rings. The fraction of sp³-hybridized carbons (Fsp3) is 0.188. The smallest absolute Gasteiger partial charge is 0.265 e. The Labute approximate surface area is 155 Å². The van der Waals surface area contributed by atoms with Gasteiger partial charge in [-0.25, -0.2) is 8.42 Å². The van der Waals surface area contributed by atoms with E-state index in [1.54, 1.807) is 24.3 Å². The fourth-order valence-electron chi connectivity index (χ4n) is 2.72. The second-order valence-corrected chi connectivity index (χ2v) is 8.11. The number of carbonyl (C=O) groups is 1. The molecule has 6 nitrogen and oxygen atoms in total. The molecule has 1 amide bonds. The average molecular weight is 400 g/mol. The van der Waals surface area contributed by atoms with Gasteiger partial charge in [-0.1, -0.05) is 35.3 Å². The van der Waals surface area contributed by atoms with Gasteiger partial charge in [0, 0.05) is 0 Å². The highest BCUT2D eigenvalue weighted by molar-refractivity contribution is 7.93. The summed E-state index contributed by atoms with van der Waals surface area (Å²) in [6.45, 7) is 0.160. The van der Waals surface area contributed by atoms with Gasteiger partial charge in [0.25, 0.3) is 10.0 Å². The standard InChI is InChI=1S/C16H15Cl2N3O3S/c17-11-6-5-10(9-12(11)18)25(23,24)21-14-4-2-1-3-13(14)20-16(22)15(21)7-8-19/h1-6,9,15H,7-8,19H2,(H,20,22)/t15-/m1/s1. The summed E-state index contributed by atoms with van der Waals surface area (Å²) in [5, 5.41) is 3.09. The van der Waals surface area contributed by atoms with Crippen LogP contribution in [0.25, 0.3) is 0 Å². The Kier molecular flexibility index (Phi) is 4.92. The van der Waals surface area contributed by atoms with Crippen LogP contribution >= 0.6 is 23.2 Å². The van der Waals surface area contributed by atoms with Crippen LogP contribution < -0.4 is 15.4 Å². The van der Waals surface area contributed by atoms with Crippen molar-refractivity contribution in [2.75, 3.05) is 16.2 Å². The summed E-state index contributed by atoms with van der Waals surface area (Å²) in [6.07, 6.45) is 0.181.